The molecule has 1 aromatic rings. The fourth-order valence-electron chi connectivity index (χ4n) is 3.11. The van der Waals surface area contributed by atoms with Crippen LogP contribution in [0.4, 0.5) is 11.4 Å². The summed E-state index contributed by atoms with van der Waals surface area (Å²) in [4.78, 5) is 13.2. The minimum absolute atomic E-state index is 0.173. The van der Waals surface area contributed by atoms with E-state index in [2.05, 4.69) is 17.3 Å². The Morgan fingerprint density at radius 1 is 1.33 bits per heavy atom. The van der Waals surface area contributed by atoms with Crippen LogP contribution in [0.15, 0.2) is 18.2 Å². The van der Waals surface area contributed by atoms with E-state index >= 15 is 0 Å². The van der Waals surface area contributed by atoms with Crippen molar-refractivity contribution in [2.24, 2.45) is 0 Å². The van der Waals surface area contributed by atoms with Crippen LogP contribution in [-0.4, -0.2) is 29.5 Å². The molecule has 0 bridgehead atoms. The minimum atomic E-state index is -0.303. The van der Waals surface area contributed by atoms with Crippen molar-refractivity contribution >= 4 is 11.4 Å². The van der Waals surface area contributed by atoms with Gasteiger partial charge in [0.25, 0.3) is 5.69 Å². The Bertz CT molecular complexity index is 484. The van der Waals surface area contributed by atoms with Crippen molar-refractivity contribution in [1.29, 1.82) is 0 Å². The smallest absolute Gasteiger partial charge is 0.292 e. The molecule has 1 N–H and O–H groups in total. The Labute approximate surface area is 126 Å². The fourth-order valence-corrected chi connectivity index (χ4v) is 3.11. The van der Waals surface area contributed by atoms with Crippen LogP contribution in [0.25, 0.3) is 0 Å². The molecular formula is C16H25N3O2. The van der Waals surface area contributed by atoms with E-state index in [9.17, 15) is 10.1 Å². The standard InChI is InChI=1S/C16H25N3O2/c1-3-17-15-10-9-13(11-16(15)19(20)21)12-18(2)14-7-5-4-6-8-14/h9-11,14,17H,3-8,12H2,1-2H3. The van der Waals surface area contributed by atoms with Crippen LogP contribution < -0.4 is 5.32 Å². The summed E-state index contributed by atoms with van der Waals surface area (Å²) in [5.74, 6) is 0. The molecular weight excluding hydrogens is 266 g/mol. The summed E-state index contributed by atoms with van der Waals surface area (Å²) in [7, 11) is 2.13. The van der Waals surface area contributed by atoms with Gasteiger partial charge in [-0.25, -0.2) is 0 Å². The molecule has 5 nitrogen and oxygen atoms in total. The van der Waals surface area contributed by atoms with Crippen LogP contribution in [0.2, 0.25) is 0 Å². The molecule has 21 heavy (non-hydrogen) atoms. The van der Waals surface area contributed by atoms with E-state index in [1.54, 1.807) is 6.07 Å². The third-order valence-corrected chi connectivity index (χ3v) is 4.26. The number of nitro benzene ring substituents is 1. The summed E-state index contributed by atoms with van der Waals surface area (Å²) < 4.78 is 0. The average Bonchev–Trinajstić information content (AvgIpc) is 2.49. The largest absolute Gasteiger partial charge is 0.380 e. The maximum Gasteiger partial charge on any atom is 0.292 e. The van der Waals surface area contributed by atoms with Crippen molar-refractivity contribution in [3.05, 3.63) is 33.9 Å². The summed E-state index contributed by atoms with van der Waals surface area (Å²) in [5.41, 5.74) is 1.79. The van der Waals surface area contributed by atoms with Gasteiger partial charge in [0.1, 0.15) is 5.69 Å². The van der Waals surface area contributed by atoms with Gasteiger partial charge in [-0.05, 0) is 38.4 Å². The highest BCUT2D eigenvalue weighted by Gasteiger charge is 2.19. The molecule has 0 atom stereocenters. The molecule has 5 heteroatoms. The number of nitrogens with zero attached hydrogens (tertiary/aromatic N) is 2. The first kappa shape index (κ1) is 15.8. The maximum atomic E-state index is 11.2. The van der Waals surface area contributed by atoms with Crippen molar-refractivity contribution in [2.45, 2.75) is 51.6 Å². The van der Waals surface area contributed by atoms with Crippen LogP contribution in [0.1, 0.15) is 44.6 Å². The fraction of sp³-hybridized carbons (Fsp3) is 0.625. The second kappa shape index (κ2) is 7.41. The first-order chi connectivity index (χ1) is 10.1. The molecule has 0 heterocycles. The molecule has 116 valence electrons. The number of hydrogen-bond acceptors (Lipinski definition) is 4. The summed E-state index contributed by atoms with van der Waals surface area (Å²) in [6, 6.07) is 6.14. The van der Waals surface area contributed by atoms with Gasteiger partial charge in [-0.2, -0.15) is 0 Å². The average molecular weight is 291 g/mol. The molecule has 1 aliphatic carbocycles. The van der Waals surface area contributed by atoms with Crippen LogP contribution in [-0.2, 0) is 6.54 Å². The Hall–Kier alpha value is -1.62. The van der Waals surface area contributed by atoms with Crippen molar-refractivity contribution in [2.75, 3.05) is 18.9 Å². The molecule has 0 amide bonds. The molecule has 0 radical (unpaired) electrons. The Balaban J connectivity index is 2.08. The zero-order valence-electron chi connectivity index (χ0n) is 13.0. The predicted octanol–water partition coefficient (Wildman–Crippen LogP) is 3.79. The van der Waals surface area contributed by atoms with E-state index < -0.39 is 0 Å². The van der Waals surface area contributed by atoms with E-state index in [1.807, 2.05) is 19.1 Å². The zero-order valence-corrected chi connectivity index (χ0v) is 13.0. The van der Waals surface area contributed by atoms with Crippen LogP contribution >= 0.6 is 0 Å². The highest BCUT2D eigenvalue weighted by atomic mass is 16.6. The van der Waals surface area contributed by atoms with Crippen molar-refractivity contribution in [3.63, 3.8) is 0 Å². The number of anilines is 1. The number of hydrogen-bond donors (Lipinski definition) is 1. The molecule has 0 aliphatic heterocycles. The van der Waals surface area contributed by atoms with Gasteiger partial charge in [0, 0.05) is 25.2 Å². The lowest BCUT2D eigenvalue weighted by atomic mass is 9.94. The molecule has 0 saturated heterocycles. The first-order valence-corrected chi connectivity index (χ1v) is 7.83. The lowest BCUT2D eigenvalue weighted by Crippen LogP contribution is -2.32. The highest BCUT2D eigenvalue weighted by Crippen LogP contribution is 2.27. The van der Waals surface area contributed by atoms with Gasteiger partial charge >= 0.3 is 0 Å². The first-order valence-electron chi connectivity index (χ1n) is 7.83. The second-order valence-corrected chi connectivity index (χ2v) is 5.85. The van der Waals surface area contributed by atoms with E-state index in [1.165, 1.54) is 32.1 Å². The highest BCUT2D eigenvalue weighted by molar-refractivity contribution is 5.62. The Kier molecular flexibility index (Phi) is 5.56. The Morgan fingerprint density at radius 3 is 2.67 bits per heavy atom. The Morgan fingerprint density at radius 2 is 2.05 bits per heavy atom. The number of nitro groups is 1. The zero-order chi connectivity index (χ0) is 15.2. The molecule has 0 aromatic heterocycles. The second-order valence-electron chi connectivity index (χ2n) is 5.85. The lowest BCUT2D eigenvalue weighted by molar-refractivity contribution is -0.384. The molecule has 0 spiro atoms. The van der Waals surface area contributed by atoms with Gasteiger partial charge in [-0.1, -0.05) is 25.3 Å². The molecule has 1 saturated carbocycles. The third-order valence-electron chi connectivity index (χ3n) is 4.26. The van der Waals surface area contributed by atoms with Crippen molar-refractivity contribution < 1.29 is 4.92 Å². The predicted molar refractivity (Wildman–Crippen MR) is 85.6 cm³/mol. The molecule has 1 aromatic carbocycles. The number of rotatable bonds is 6. The molecule has 1 fully saturated rings. The van der Waals surface area contributed by atoms with Gasteiger partial charge in [0.2, 0.25) is 0 Å². The summed E-state index contributed by atoms with van der Waals surface area (Å²) in [6.07, 6.45) is 6.43. The normalized spacial score (nSPS) is 16.1. The van der Waals surface area contributed by atoms with E-state index in [-0.39, 0.29) is 10.6 Å². The SMILES string of the molecule is CCNc1ccc(CN(C)C2CCCCC2)cc1[N+](=O)[O-]. The van der Waals surface area contributed by atoms with Crippen LogP contribution in [0, 0.1) is 10.1 Å². The lowest BCUT2D eigenvalue weighted by Gasteiger charge is -2.31. The quantitative estimate of drug-likeness (QED) is 0.640. The number of nitrogens with one attached hydrogen (secondary N) is 1. The van der Waals surface area contributed by atoms with Crippen LogP contribution in [0.3, 0.4) is 0 Å². The molecule has 1 aliphatic rings. The van der Waals surface area contributed by atoms with E-state index in [0.717, 1.165) is 12.1 Å². The van der Waals surface area contributed by atoms with Gasteiger partial charge in [-0.3, -0.25) is 15.0 Å². The summed E-state index contributed by atoms with van der Waals surface area (Å²) >= 11 is 0. The topological polar surface area (TPSA) is 58.4 Å². The maximum absolute atomic E-state index is 11.2. The summed E-state index contributed by atoms with van der Waals surface area (Å²) in [6.45, 7) is 3.40. The minimum Gasteiger partial charge on any atom is -0.380 e. The van der Waals surface area contributed by atoms with Gasteiger partial charge in [0.05, 0.1) is 4.92 Å². The third kappa shape index (κ3) is 4.17. The van der Waals surface area contributed by atoms with Gasteiger partial charge < -0.3 is 5.32 Å². The van der Waals surface area contributed by atoms with Gasteiger partial charge in [0.15, 0.2) is 0 Å². The van der Waals surface area contributed by atoms with Crippen molar-refractivity contribution in [1.82, 2.24) is 4.90 Å². The van der Waals surface area contributed by atoms with E-state index in [0.29, 0.717) is 18.3 Å². The van der Waals surface area contributed by atoms with Gasteiger partial charge in [-0.15, -0.1) is 0 Å². The summed E-state index contributed by atoms with van der Waals surface area (Å²) in [5, 5.41) is 14.2. The molecule has 2 rings (SSSR count). The monoisotopic (exact) mass is 291 g/mol. The number of benzene rings is 1. The van der Waals surface area contributed by atoms with Crippen LogP contribution in [0.5, 0.6) is 0 Å². The van der Waals surface area contributed by atoms with E-state index in [4.69, 9.17) is 0 Å². The molecule has 0 unspecified atom stereocenters. The van der Waals surface area contributed by atoms with Crippen molar-refractivity contribution in [3.8, 4) is 0 Å².